The zero-order chi connectivity index (χ0) is 14.5. The predicted molar refractivity (Wildman–Crippen MR) is 78.8 cm³/mol. The highest BCUT2D eigenvalue weighted by Crippen LogP contribution is 2.05. The van der Waals surface area contributed by atoms with Crippen LogP contribution < -0.4 is 5.32 Å². The Bertz CT molecular complexity index is 348. The van der Waals surface area contributed by atoms with Gasteiger partial charge in [0.25, 0.3) is 0 Å². The lowest BCUT2D eigenvalue weighted by molar-refractivity contribution is 0.0255. The van der Waals surface area contributed by atoms with Crippen LogP contribution in [0.2, 0.25) is 0 Å². The zero-order valence-electron chi connectivity index (χ0n) is 12.6. The second kappa shape index (κ2) is 11.8. The fourth-order valence-electron chi connectivity index (χ4n) is 1.77. The first-order chi connectivity index (χ1) is 9.88. The SMILES string of the molecule is CCc1cccnc1CNCCOCCOCCOC. The van der Waals surface area contributed by atoms with E-state index in [9.17, 15) is 0 Å². The number of aryl methyl sites for hydroxylation is 1. The van der Waals surface area contributed by atoms with Crippen LogP contribution in [-0.2, 0) is 27.2 Å². The van der Waals surface area contributed by atoms with E-state index in [1.54, 1.807) is 7.11 Å². The third kappa shape index (κ3) is 7.55. The van der Waals surface area contributed by atoms with E-state index in [0.29, 0.717) is 33.0 Å². The molecule has 114 valence electrons. The summed E-state index contributed by atoms with van der Waals surface area (Å²) in [5, 5.41) is 3.34. The van der Waals surface area contributed by atoms with Crippen molar-refractivity contribution in [3.05, 3.63) is 29.6 Å². The number of aromatic nitrogens is 1. The number of nitrogens with zero attached hydrogens (tertiary/aromatic N) is 1. The monoisotopic (exact) mass is 282 g/mol. The van der Waals surface area contributed by atoms with Crippen LogP contribution in [0.15, 0.2) is 18.3 Å². The topological polar surface area (TPSA) is 52.6 Å². The van der Waals surface area contributed by atoms with Crippen molar-refractivity contribution < 1.29 is 14.2 Å². The maximum Gasteiger partial charge on any atom is 0.0701 e. The molecule has 0 bridgehead atoms. The second-order valence-corrected chi connectivity index (χ2v) is 4.36. The first-order valence-corrected chi connectivity index (χ1v) is 7.16. The molecule has 5 heteroatoms. The Labute approximate surface area is 121 Å². The molecule has 0 unspecified atom stereocenters. The highest BCUT2D eigenvalue weighted by atomic mass is 16.5. The van der Waals surface area contributed by atoms with E-state index >= 15 is 0 Å². The molecule has 0 radical (unpaired) electrons. The van der Waals surface area contributed by atoms with E-state index in [1.165, 1.54) is 5.56 Å². The lowest BCUT2D eigenvalue weighted by Gasteiger charge is -2.09. The minimum atomic E-state index is 0.615. The Kier molecular flexibility index (Phi) is 10.0. The minimum Gasteiger partial charge on any atom is -0.382 e. The molecule has 20 heavy (non-hydrogen) atoms. The molecule has 1 aromatic heterocycles. The smallest absolute Gasteiger partial charge is 0.0701 e. The van der Waals surface area contributed by atoms with Gasteiger partial charge in [-0.25, -0.2) is 0 Å². The van der Waals surface area contributed by atoms with Gasteiger partial charge < -0.3 is 19.5 Å². The van der Waals surface area contributed by atoms with E-state index in [1.807, 2.05) is 12.3 Å². The van der Waals surface area contributed by atoms with Gasteiger partial charge in [-0.15, -0.1) is 0 Å². The number of ether oxygens (including phenoxy) is 3. The Morgan fingerprint density at radius 1 is 1.10 bits per heavy atom. The summed E-state index contributed by atoms with van der Waals surface area (Å²) < 4.78 is 15.6. The van der Waals surface area contributed by atoms with Crippen LogP contribution in [-0.4, -0.2) is 51.7 Å². The predicted octanol–water partition coefficient (Wildman–Crippen LogP) is 1.41. The maximum absolute atomic E-state index is 5.46. The Morgan fingerprint density at radius 3 is 2.60 bits per heavy atom. The molecule has 1 N–H and O–H groups in total. The first-order valence-electron chi connectivity index (χ1n) is 7.16. The molecule has 0 spiro atoms. The van der Waals surface area contributed by atoms with Crippen molar-refractivity contribution in [1.82, 2.24) is 10.3 Å². The van der Waals surface area contributed by atoms with Crippen LogP contribution in [0.5, 0.6) is 0 Å². The molecule has 5 nitrogen and oxygen atoms in total. The van der Waals surface area contributed by atoms with Gasteiger partial charge in [-0.05, 0) is 18.1 Å². The summed E-state index contributed by atoms with van der Waals surface area (Å²) in [5.74, 6) is 0. The van der Waals surface area contributed by atoms with Gasteiger partial charge in [0.05, 0.1) is 38.7 Å². The summed E-state index contributed by atoms with van der Waals surface area (Å²) in [6.07, 6.45) is 2.85. The summed E-state index contributed by atoms with van der Waals surface area (Å²) in [6.45, 7) is 6.92. The molecule has 1 heterocycles. The summed E-state index contributed by atoms with van der Waals surface area (Å²) in [7, 11) is 1.66. The van der Waals surface area contributed by atoms with E-state index < -0.39 is 0 Å². The molecular weight excluding hydrogens is 256 g/mol. The van der Waals surface area contributed by atoms with Crippen molar-refractivity contribution in [2.24, 2.45) is 0 Å². The van der Waals surface area contributed by atoms with Gasteiger partial charge in [0, 0.05) is 26.4 Å². The van der Waals surface area contributed by atoms with Gasteiger partial charge in [0.15, 0.2) is 0 Å². The summed E-state index contributed by atoms with van der Waals surface area (Å²) in [4.78, 5) is 4.39. The van der Waals surface area contributed by atoms with Crippen molar-refractivity contribution in [2.45, 2.75) is 19.9 Å². The Morgan fingerprint density at radius 2 is 1.85 bits per heavy atom. The van der Waals surface area contributed by atoms with Crippen LogP contribution in [0, 0.1) is 0 Å². The number of hydrogen-bond acceptors (Lipinski definition) is 5. The molecule has 0 aliphatic rings. The first kappa shape index (κ1) is 17.0. The number of rotatable bonds is 12. The number of pyridine rings is 1. The summed E-state index contributed by atoms with van der Waals surface area (Å²) >= 11 is 0. The minimum absolute atomic E-state index is 0.615. The van der Waals surface area contributed by atoms with Crippen molar-refractivity contribution >= 4 is 0 Å². The quantitative estimate of drug-likeness (QED) is 0.588. The maximum atomic E-state index is 5.46. The van der Waals surface area contributed by atoms with Crippen LogP contribution in [0.25, 0.3) is 0 Å². The molecular formula is C15H26N2O3. The molecule has 0 fully saturated rings. The standard InChI is InChI=1S/C15H26N2O3/c1-3-14-5-4-6-17-15(14)13-16-7-8-19-11-12-20-10-9-18-2/h4-6,16H,3,7-13H2,1-2H3. The Balaban J connectivity index is 1.97. The molecule has 0 aromatic carbocycles. The number of hydrogen-bond donors (Lipinski definition) is 1. The molecule has 0 amide bonds. The average molecular weight is 282 g/mol. The molecule has 0 aliphatic carbocycles. The fourth-order valence-corrected chi connectivity index (χ4v) is 1.77. The normalized spacial score (nSPS) is 10.9. The largest absolute Gasteiger partial charge is 0.382 e. The number of methoxy groups -OCH3 is 1. The van der Waals surface area contributed by atoms with Crippen molar-refractivity contribution in [3.8, 4) is 0 Å². The molecule has 0 saturated carbocycles. The average Bonchev–Trinajstić information content (AvgIpc) is 2.49. The molecule has 0 aliphatic heterocycles. The van der Waals surface area contributed by atoms with Gasteiger partial charge >= 0.3 is 0 Å². The van der Waals surface area contributed by atoms with E-state index in [2.05, 4.69) is 23.3 Å². The summed E-state index contributed by atoms with van der Waals surface area (Å²) in [6, 6.07) is 4.10. The van der Waals surface area contributed by atoms with Gasteiger partial charge in [-0.1, -0.05) is 13.0 Å². The third-order valence-corrected chi connectivity index (χ3v) is 2.88. The van der Waals surface area contributed by atoms with Gasteiger partial charge in [0.1, 0.15) is 0 Å². The van der Waals surface area contributed by atoms with Gasteiger partial charge in [0.2, 0.25) is 0 Å². The van der Waals surface area contributed by atoms with E-state index in [-0.39, 0.29) is 0 Å². The fraction of sp³-hybridized carbons (Fsp3) is 0.667. The van der Waals surface area contributed by atoms with Crippen LogP contribution in [0.4, 0.5) is 0 Å². The third-order valence-electron chi connectivity index (χ3n) is 2.88. The Hall–Kier alpha value is -1.01. The van der Waals surface area contributed by atoms with Crippen LogP contribution >= 0.6 is 0 Å². The lowest BCUT2D eigenvalue weighted by atomic mass is 10.1. The zero-order valence-corrected chi connectivity index (χ0v) is 12.6. The van der Waals surface area contributed by atoms with Gasteiger partial charge in [-0.2, -0.15) is 0 Å². The highest BCUT2D eigenvalue weighted by Gasteiger charge is 2.00. The second-order valence-electron chi connectivity index (χ2n) is 4.36. The molecule has 0 saturated heterocycles. The van der Waals surface area contributed by atoms with Crippen molar-refractivity contribution in [1.29, 1.82) is 0 Å². The molecule has 0 atom stereocenters. The van der Waals surface area contributed by atoms with Crippen LogP contribution in [0.1, 0.15) is 18.2 Å². The highest BCUT2D eigenvalue weighted by molar-refractivity contribution is 5.19. The van der Waals surface area contributed by atoms with Crippen LogP contribution in [0.3, 0.4) is 0 Å². The lowest BCUT2D eigenvalue weighted by Crippen LogP contribution is -2.21. The van der Waals surface area contributed by atoms with Gasteiger partial charge in [-0.3, -0.25) is 4.98 Å². The van der Waals surface area contributed by atoms with E-state index in [0.717, 1.165) is 25.2 Å². The van der Waals surface area contributed by atoms with Crippen molar-refractivity contribution in [3.63, 3.8) is 0 Å². The molecule has 1 aromatic rings. The molecule has 1 rings (SSSR count). The number of nitrogens with one attached hydrogen (secondary N) is 1. The van der Waals surface area contributed by atoms with Crippen molar-refractivity contribution in [2.75, 3.05) is 46.7 Å². The summed E-state index contributed by atoms with van der Waals surface area (Å²) in [5.41, 5.74) is 2.42. The van der Waals surface area contributed by atoms with E-state index in [4.69, 9.17) is 14.2 Å².